The number of thioether (sulfide) groups is 1. The molecule has 6 nitrogen and oxygen atoms in total. The van der Waals surface area contributed by atoms with E-state index in [1.54, 1.807) is 24.2 Å². The van der Waals surface area contributed by atoms with Crippen molar-refractivity contribution in [3.05, 3.63) is 76.4 Å². The summed E-state index contributed by atoms with van der Waals surface area (Å²) in [4.78, 5) is 9.87. The summed E-state index contributed by atoms with van der Waals surface area (Å²) in [6.07, 6.45) is 7.22. The van der Waals surface area contributed by atoms with Gasteiger partial charge < -0.3 is 18.8 Å². The van der Waals surface area contributed by atoms with Crippen molar-refractivity contribution in [1.29, 1.82) is 0 Å². The predicted octanol–water partition coefficient (Wildman–Crippen LogP) is 5.90. The van der Waals surface area contributed by atoms with Gasteiger partial charge in [-0.05, 0) is 23.8 Å². The SMILES string of the molecule is Clc1ccc2c(c1)S[C@H](Cn1ccnc1)[C@@H]2OCc1cnc2cc3c(cc2c1Cl)OCO3. The number of aromatic nitrogens is 3. The highest BCUT2D eigenvalue weighted by atomic mass is 35.5. The first-order chi connectivity index (χ1) is 15.7. The maximum atomic E-state index is 6.75. The Balaban J connectivity index is 1.29. The van der Waals surface area contributed by atoms with E-state index in [1.807, 2.05) is 42.9 Å². The van der Waals surface area contributed by atoms with Crippen molar-refractivity contribution >= 4 is 45.9 Å². The molecule has 162 valence electrons. The van der Waals surface area contributed by atoms with Gasteiger partial charge in [0.2, 0.25) is 6.79 Å². The summed E-state index contributed by atoms with van der Waals surface area (Å²) in [6.45, 7) is 1.32. The molecule has 9 heteroatoms. The van der Waals surface area contributed by atoms with Crippen molar-refractivity contribution in [3.8, 4) is 11.5 Å². The van der Waals surface area contributed by atoms with Crippen molar-refractivity contribution < 1.29 is 14.2 Å². The second-order valence-electron chi connectivity index (χ2n) is 7.65. The first-order valence-electron chi connectivity index (χ1n) is 10.1. The van der Waals surface area contributed by atoms with Gasteiger partial charge >= 0.3 is 0 Å². The van der Waals surface area contributed by atoms with Gasteiger partial charge in [-0.25, -0.2) is 4.98 Å². The Morgan fingerprint density at radius 3 is 2.88 bits per heavy atom. The molecule has 0 fully saturated rings. The maximum absolute atomic E-state index is 6.75. The Bertz CT molecular complexity index is 1320. The number of halogens is 2. The molecule has 2 atom stereocenters. The maximum Gasteiger partial charge on any atom is 0.231 e. The normalized spacial score (nSPS) is 18.9. The van der Waals surface area contributed by atoms with Crippen molar-refractivity contribution in [1.82, 2.24) is 14.5 Å². The Kier molecular flexibility index (Phi) is 5.14. The minimum absolute atomic E-state index is 0.113. The first-order valence-corrected chi connectivity index (χ1v) is 11.7. The number of pyridine rings is 1. The van der Waals surface area contributed by atoms with Crippen LogP contribution in [0.25, 0.3) is 10.9 Å². The molecule has 0 spiro atoms. The molecule has 4 heterocycles. The average Bonchev–Trinajstić information content (AvgIpc) is 3.52. The molecule has 0 amide bonds. The van der Waals surface area contributed by atoms with E-state index in [1.165, 1.54) is 0 Å². The fourth-order valence-electron chi connectivity index (χ4n) is 4.07. The molecule has 0 bridgehead atoms. The lowest BCUT2D eigenvalue weighted by atomic mass is 10.1. The van der Waals surface area contributed by atoms with Crippen LogP contribution in [0.5, 0.6) is 11.5 Å². The zero-order valence-corrected chi connectivity index (χ0v) is 19.0. The Morgan fingerprint density at radius 1 is 1.16 bits per heavy atom. The van der Waals surface area contributed by atoms with E-state index in [4.69, 9.17) is 37.4 Å². The van der Waals surface area contributed by atoms with Crippen LogP contribution in [-0.4, -0.2) is 26.6 Å². The molecule has 2 aliphatic heterocycles. The average molecular weight is 486 g/mol. The van der Waals surface area contributed by atoms with Crippen LogP contribution in [0.4, 0.5) is 0 Å². The van der Waals surface area contributed by atoms with Crippen LogP contribution in [0.2, 0.25) is 10.0 Å². The number of fused-ring (bicyclic) bond motifs is 3. The third-order valence-electron chi connectivity index (χ3n) is 5.64. The van der Waals surface area contributed by atoms with Gasteiger partial charge in [-0.15, -0.1) is 11.8 Å². The predicted molar refractivity (Wildman–Crippen MR) is 124 cm³/mol. The minimum atomic E-state index is -0.113. The molecular weight excluding hydrogens is 469 g/mol. The quantitative estimate of drug-likeness (QED) is 0.350. The number of imidazole rings is 1. The van der Waals surface area contributed by atoms with Crippen LogP contribution in [0.3, 0.4) is 0 Å². The number of rotatable bonds is 5. The highest BCUT2D eigenvalue weighted by Gasteiger charge is 2.35. The molecular formula is C23H17Cl2N3O3S. The lowest BCUT2D eigenvalue weighted by Crippen LogP contribution is -2.19. The van der Waals surface area contributed by atoms with Gasteiger partial charge in [-0.1, -0.05) is 29.3 Å². The van der Waals surface area contributed by atoms with E-state index in [0.717, 1.165) is 38.5 Å². The Morgan fingerprint density at radius 2 is 2.03 bits per heavy atom. The zero-order valence-electron chi connectivity index (χ0n) is 16.7. The molecule has 4 aromatic rings. The van der Waals surface area contributed by atoms with Crippen LogP contribution in [0, 0.1) is 0 Å². The van der Waals surface area contributed by atoms with E-state index in [0.29, 0.717) is 23.1 Å². The van der Waals surface area contributed by atoms with Gasteiger partial charge in [-0.2, -0.15) is 0 Å². The van der Waals surface area contributed by atoms with Crippen LogP contribution in [0.15, 0.2) is 60.1 Å². The molecule has 0 saturated carbocycles. The van der Waals surface area contributed by atoms with Gasteiger partial charge in [0.05, 0.1) is 34.8 Å². The standard InChI is InChI=1S/C23H17Cl2N3O3S/c24-14-1-2-15-20(5-14)32-21(9-28-4-3-26-11-28)23(15)29-10-13-8-27-17-7-19-18(30-12-31-19)6-16(17)22(13)25/h1-8,11,21,23H,9-10,12H2/t21-,23-/m1/s1. The van der Waals surface area contributed by atoms with Gasteiger partial charge in [0.1, 0.15) is 0 Å². The molecule has 6 rings (SSSR count). The van der Waals surface area contributed by atoms with Gasteiger partial charge in [0.25, 0.3) is 0 Å². The van der Waals surface area contributed by atoms with Crippen molar-refractivity contribution in [2.75, 3.05) is 6.79 Å². The number of nitrogens with zero attached hydrogens (tertiary/aromatic N) is 3. The van der Waals surface area contributed by atoms with E-state index in [2.05, 4.69) is 14.5 Å². The molecule has 0 saturated heterocycles. The largest absolute Gasteiger partial charge is 0.454 e. The molecule has 0 unspecified atom stereocenters. The first kappa shape index (κ1) is 20.2. The number of hydrogen-bond donors (Lipinski definition) is 0. The van der Waals surface area contributed by atoms with Crippen LogP contribution < -0.4 is 9.47 Å². The monoisotopic (exact) mass is 485 g/mol. The van der Waals surface area contributed by atoms with Crippen LogP contribution in [0.1, 0.15) is 17.2 Å². The number of hydrogen-bond acceptors (Lipinski definition) is 6. The van der Waals surface area contributed by atoms with Gasteiger partial charge in [-0.3, -0.25) is 4.98 Å². The van der Waals surface area contributed by atoms with E-state index in [-0.39, 0.29) is 18.1 Å². The summed E-state index contributed by atoms with van der Waals surface area (Å²) in [5.74, 6) is 1.36. The fraction of sp³-hybridized carbons (Fsp3) is 0.217. The lowest BCUT2D eigenvalue weighted by Gasteiger charge is -2.21. The third-order valence-corrected chi connectivity index (χ3v) is 7.62. The lowest BCUT2D eigenvalue weighted by molar-refractivity contribution is 0.0366. The molecule has 2 aromatic carbocycles. The number of ether oxygens (including phenoxy) is 3. The Hall–Kier alpha value is -2.45. The summed E-state index contributed by atoms with van der Waals surface area (Å²) >= 11 is 14.8. The summed E-state index contributed by atoms with van der Waals surface area (Å²) in [5, 5.41) is 2.33. The summed E-state index contributed by atoms with van der Waals surface area (Å²) < 4.78 is 19.5. The molecule has 2 aliphatic rings. The smallest absolute Gasteiger partial charge is 0.231 e. The molecule has 32 heavy (non-hydrogen) atoms. The molecule has 2 aromatic heterocycles. The molecule has 0 aliphatic carbocycles. The zero-order chi connectivity index (χ0) is 21.7. The van der Waals surface area contributed by atoms with Gasteiger partial charge in [0, 0.05) is 52.1 Å². The summed E-state index contributed by atoms with van der Waals surface area (Å²) in [7, 11) is 0. The second-order valence-corrected chi connectivity index (χ2v) is 9.74. The highest BCUT2D eigenvalue weighted by molar-refractivity contribution is 8.00. The number of benzene rings is 2. The Labute approximate surface area is 198 Å². The van der Waals surface area contributed by atoms with Crippen molar-refractivity contribution in [3.63, 3.8) is 0 Å². The second kappa shape index (κ2) is 8.15. The van der Waals surface area contributed by atoms with Crippen molar-refractivity contribution in [2.45, 2.75) is 29.4 Å². The van der Waals surface area contributed by atoms with Gasteiger partial charge in [0.15, 0.2) is 11.5 Å². The topological polar surface area (TPSA) is 58.4 Å². The minimum Gasteiger partial charge on any atom is -0.454 e. The van der Waals surface area contributed by atoms with E-state index >= 15 is 0 Å². The van der Waals surface area contributed by atoms with E-state index in [9.17, 15) is 0 Å². The van der Waals surface area contributed by atoms with Crippen LogP contribution in [-0.2, 0) is 17.9 Å². The third kappa shape index (κ3) is 3.59. The van der Waals surface area contributed by atoms with Crippen molar-refractivity contribution in [2.24, 2.45) is 0 Å². The molecule has 0 radical (unpaired) electrons. The summed E-state index contributed by atoms with van der Waals surface area (Å²) in [6, 6.07) is 9.68. The summed E-state index contributed by atoms with van der Waals surface area (Å²) in [5.41, 5.74) is 2.72. The van der Waals surface area contributed by atoms with Crippen LogP contribution >= 0.6 is 35.0 Å². The molecule has 0 N–H and O–H groups in total. The fourth-order valence-corrected chi connectivity index (χ4v) is 6.00. The highest BCUT2D eigenvalue weighted by Crippen LogP contribution is 2.48. The van der Waals surface area contributed by atoms with E-state index < -0.39 is 0 Å².